The van der Waals surface area contributed by atoms with E-state index in [-0.39, 0.29) is 35.7 Å². The van der Waals surface area contributed by atoms with Gasteiger partial charge in [-0.05, 0) is 39.0 Å². The van der Waals surface area contributed by atoms with Gasteiger partial charge >= 0.3 is 6.03 Å². The number of carbonyl (C=O) groups excluding carboxylic acids is 4. The maximum atomic E-state index is 12.0. The number of hydrogen-bond acceptors (Lipinski definition) is 8. The van der Waals surface area contributed by atoms with Crippen molar-refractivity contribution < 1.29 is 33.4 Å². The van der Waals surface area contributed by atoms with Gasteiger partial charge < -0.3 is 40.3 Å². The molecule has 0 aromatic heterocycles. The lowest BCUT2D eigenvalue weighted by molar-refractivity contribution is -0.122. The molecule has 38 heavy (non-hydrogen) atoms. The molecule has 0 aromatic carbocycles. The summed E-state index contributed by atoms with van der Waals surface area (Å²) in [7, 11) is 0. The Bertz CT molecular complexity index is 728. The summed E-state index contributed by atoms with van der Waals surface area (Å²) in [5.41, 5.74) is 0. The van der Waals surface area contributed by atoms with Crippen LogP contribution < -0.4 is 21.3 Å². The first-order valence-corrected chi connectivity index (χ1v) is 14.9. The van der Waals surface area contributed by atoms with Crippen LogP contribution in [0.4, 0.5) is 4.79 Å². The maximum Gasteiger partial charge on any atom is 0.315 e. The minimum absolute atomic E-state index is 0.0276. The van der Waals surface area contributed by atoms with Crippen LogP contribution in [0.15, 0.2) is 0 Å². The van der Waals surface area contributed by atoms with E-state index in [1.807, 2.05) is 11.8 Å². The van der Waals surface area contributed by atoms with Gasteiger partial charge in [0.2, 0.25) is 11.8 Å². The van der Waals surface area contributed by atoms with E-state index in [0.717, 1.165) is 37.9 Å². The number of rotatable bonds is 23. The number of nitrogens with one attached hydrogen (secondary N) is 4. The zero-order chi connectivity index (χ0) is 27.4. The molecule has 4 amide bonds. The maximum absolute atomic E-state index is 12.0. The SMILES string of the molecule is CC(=O)CCCC(=O)NCCCOCCOCCOCCCNC(=O)CCCC[C@@H]1SC[C@@H]2NC(=O)NC21. The van der Waals surface area contributed by atoms with Gasteiger partial charge in [-0.3, -0.25) is 9.59 Å². The molecular formula is C26H46N4O7S. The lowest BCUT2D eigenvalue weighted by atomic mass is 10.0. The molecule has 2 fully saturated rings. The predicted octanol–water partition coefficient (Wildman–Crippen LogP) is 1.53. The first kappa shape index (κ1) is 32.3. The molecule has 2 aliphatic rings. The number of carbonyl (C=O) groups is 4. The van der Waals surface area contributed by atoms with E-state index in [1.165, 1.54) is 6.92 Å². The Labute approximate surface area is 230 Å². The molecule has 2 aliphatic heterocycles. The molecule has 3 atom stereocenters. The molecule has 1 unspecified atom stereocenters. The summed E-state index contributed by atoms with van der Waals surface area (Å²) in [6.07, 6.45) is 6.32. The highest BCUT2D eigenvalue weighted by Gasteiger charge is 2.42. The van der Waals surface area contributed by atoms with Crippen molar-refractivity contribution >= 4 is 35.4 Å². The van der Waals surface area contributed by atoms with Crippen LogP contribution in [0.25, 0.3) is 0 Å². The molecule has 4 N–H and O–H groups in total. The fraction of sp³-hybridized carbons (Fsp3) is 0.846. The van der Waals surface area contributed by atoms with Crippen molar-refractivity contribution in [1.29, 1.82) is 0 Å². The molecule has 2 saturated heterocycles. The Balaban J connectivity index is 1.25. The monoisotopic (exact) mass is 558 g/mol. The topological polar surface area (TPSA) is 144 Å². The standard InChI is InChI=1S/C26H46N4O7S/c1-20(31)7-4-10-24(33)28-12-6-14-36-16-18-37-17-15-35-13-5-11-27-23(32)9-3-2-8-22-25-21(19-38-22)29-26(34)30-25/h21-22,25H,2-19H2,1H3,(H,27,32)(H,28,33)(H2,29,30,34)/t21-,22-,25?/m0/s1. The molecule has 218 valence electrons. The van der Waals surface area contributed by atoms with Gasteiger partial charge in [0.05, 0.1) is 38.5 Å². The number of hydrogen-bond donors (Lipinski definition) is 4. The van der Waals surface area contributed by atoms with Crippen LogP contribution >= 0.6 is 11.8 Å². The van der Waals surface area contributed by atoms with Crippen molar-refractivity contribution in [1.82, 2.24) is 21.3 Å². The van der Waals surface area contributed by atoms with E-state index < -0.39 is 0 Å². The second-order valence-electron chi connectivity index (χ2n) is 9.67. The van der Waals surface area contributed by atoms with E-state index >= 15 is 0 Å². The van der Waals surface area contributed by atoms with Crippen LogP contribution in [0.2, 0.25) is 0 Å². The second-order valence-corrected chi connectivity index (χ2v) is 10.9. The van der Waals surface area contributed by atoms with Crippen molar-refractivity contribution in [2.45, 2.75) is 82.0 Å². The largest absolute Gasteiger partial charge is 0.379 e. The van der Waals surface area contributed by atoms with Crippen LogP contribution in [0.1, 0.15) is 64.7 Å². The second kappa shape index (κ2) is 20.1. The van der Waals surface area contributed by atoms with Gasteiger partial charge in [-0.15, -0.1) is 0 Å². The van der Waals surface area contributed by atoms with Gasteiger partial charge in [-0.25, -0.2) is 4.79 Å². The molecule has 0 aliphatic carbocycles. The molecular weight excluding hydrogens is 512 g/mol. The van der Waals surface area contributed by atoms with Gasteiger partial charge in [0, 0.05) is 56.6 Å². The van der Waals surface area contributed by atoms with Crippen molar-refractivity contribution in [3.05, 3.63) is 0 Å². The van der Waals surface area contributed by atoms with Crippen molar-refractivity contribution in [2.75, 3.05) is 58.5 Å². The summed E-state index contributed by atoms with van der Waals surface area (Å²) in [5, 5.41) is 12.1. The summed E-state index contributed by atoms with van der Waals surface area (Å²) >= 11 is 1.91. The van der Waals surface area contributed by atoms with E-state index in [4.69, 9.17) is 14.2 Å². The third-order valence-electron chi connectivity index (χ3n) is 6.33. The molecule has 12 heteroatoms. The summed E-state index contributed by atoms with van der Waals surface area (Å²) < 4.78 is 16.5. The number of amides is 4. The lowest BCUT2D eigenvalue weighted by Gasteiger charge is -2.16. The summed E-state index contributed by atoms with van der Waals surface area (Å²) in [4.78, 5) is 45.8. The van der Waals surface area contributed by atoms with Gasteiger partial charge in [-0.1, -0.05) is 6.42 Å². The lowest BCUT2D eigenvalue weighted by Crippen LogP contribution is -2.36. The average Bonchev–Trinajstić information content (AvgIpc) is 3.43. The van der Waals surface area contributed by atoms with Crippen molar-refractivity contribution in [3.8, 4) is 0 Å². The molecule has 0 saturated carbocycles. The molecule has 0 bridgehead atoms. The van der Waals surface area contributed by atoms with E-state index in [2.05, 4.69) is 21.3 Å². The molecule has 0 radical (unpaired) electrons. The van der Waals surface area contributed by atoms with Crippen molar-refractivity contribution in [2.24, 2.45) is 0 Å². The fourth-order valence-electron chi connectivity index (χ4n) is 4.29. The number of unbranched alkanes of at least 4 members (excludes halogenated alkanes) is 1. The predicted molar refractivity (Wildman–Crippen MR) is 146 cm³/mol. The van der Waals surface area contributed by atoms with Crippen LogP contribution in [0.5, 0.6) is 0 Å². The Hall–Kier alpha value is -1.89. The van der Waals surface area contributed by atoms with Crippen LogP contribution in [0, 0.1) is 0 Å². The van der Waals surface area contributed by atoms with E-state index in [1.54, 1.807) is 0 Å². The van der Waals surface area contributed by atoms with E-state index in [0.29, 0.717) is 83.7 Å². The highest BCUT2D eigenvalue weighted by atomic mass is 32.2. The minimum atomic E-state index is -0.0573. The smallest absolute Gasteiger partial charge is 0.315 e. The summed E-state index contributed by atoms with van der Waals surface area (Å²) in [6, 6.07) is 0.426. The zero-order valence-corrected chi connectivity index (χ0v) is 23.5. The zero-order valence-electron chi connectivity index (χ0n) is 22.7. The molecule has 0 aromatic rings. The normalized spacial score (nSPS) is 20.0. The minimum Gasteiger partial charge on any atom is -0.379 e. The quantitative estimate of drug-likeness (QED) is 0.109. The third kappa shape index (κ3) is 14.9. The van der Waals surface area contributed by atoms with Gasteiger partial charge in [0.1, 0.15) is 5.78 Å². The number of Topliss-reactive ketones (excluding diaryl/α,β-unsaturated/α-hetero) is 1. The fourth-order valence-corrected chi connectivity index (χ4v) is 5.84. The van der Waals surface area contributed by atoms with Gasteiger partial charge in [0.15, 0.2) is 0 Å². The number of fused-ring (bicyclic) bond motifs is 1. The van der Waals surface area contributed by atoms with Crippen molar-refractivity contribution in [3.63, 3.8) is 0 Å². The first-order chi connectivity index (χ1) is 18.5. The molecule has 2 rings (SSSR count). The number of ether oxygens (including phenoxy) is 3. The van der Waals surface area contributed by atoms with Crippen LogP contribution in [0.3, 0.4) is 0 Å². The molecule has 11 nitrogen and oxygen atoms in total. The Morgan fingerprint density at radius 1 is 0.789 bits per heavy atom. The Kier molecular flexibility index (Phi) is 17.1. The van der Waals surface area contributed by atoms with Gasteiger partial charge in [0.25, 0.3) is 0 Å². The summed E-state index contributed by atoms with van der Waals surface area (Å²) in [6.45, 7) is 5.80. The van der Waals surface area contributed by atoms with Crippen LogP contribution in [-0.2, 0) is 28.6 Å². The molecule has 2 heterocycles. The Morgan fingerprint density at radius 3 is 1.97 bits per heavy atom. The number of ketones is 1. The van der Waals surface area contributed by atoms with Crippen LogP contribution in [-0.4, -0.2) is 99.4 Å². The third-order valence-corrected chi connectivity index (χ3v) is 7.84. The summed E-state index contributed by atoms with van der Waals surface area (Å²) in [5.74, 6) is 1.12. The average molecular weight is 559 g/mol. The number of urea groups is 1. The highest BCUT2D eigenvalue weighted by Crippen LogP contribution is 2.33. The highest BCUT2D eigenvalue weighted by molar-refractivity contribution is 8.00. The first-order valence-electron chi connectivity index (χ1n) is 13.9. The van der Waals surface area contributed by atoms with E-state index in [9.17, 15) is 19.2 Å². The van der Waals surface area contributed by atoms with Gasteiger partial charge in [-0.2, -0.15) is 11.8 Å². The number of thioether (sulfide) groups is 1. The Morgan fingerprint density at radius 2 is 1.37 bits per heavy atom. The molecule has 0 spiro atoms.